The van der Waals surface area contributed by atoms with Gasteiger partial charge >= 0.3 is 5.97 Å². The van der Waals surface area contributed by atoms with Crippen LogP contribution in [0, 0.1) is 0 Å². The lowest BCUT2D eigenvalue weighted by Gasteiger charge is -2.26. The van der Waals surface area contributed by atoms with Gasteiger partial charge in [-0.25, -0.2) is 4.79 Å². The molecule has 120 valence electrons. The molecule has 6 heteroatoms. The molecule has 0 aliphatic carbocycles. The average molecular weight is 308 g/mol. The number of morpholine rings is 1. The van der Waals surface area contributed by atoms with Gasteiger partial charge < -0.3 is 23.8 Å². The van der Waals surface area contributed by atoms with E-state index in [0.29, 0.717) is 30.3 Å². The summed E-state index contributed by atoms with van der Waals surface area (Å²) in [5.41, 5.74) is 0.494. The number of hydrogen-bond acceptors (Lipinski definition) is 5. The summed E-state index contributed by atoms with van der Waals surface area (Å²) in [6.45, 7) is 7.25. The Hall–Kier alpha value is -1.79. The number of carbonyl (C=O) groups excluding carboxylic acids is 1. The van der Waals surface area contributed by atoms with Crippen molar-refractivity contribution in [3.8, 4) is 11.5 Å². The number of esters is 1. The molecule has 1 aromatic rings. The van der Waals surface area contributed by atoms with Crippen molar-refractivity contribution >= 4 is 5.97 Å². The molecule has 1 atom stereocenters. The predicted octanol–water partition coefficient (Wildman–Crippen LogP) is -0.0818. The Morgan fingerprint density at radius 2 is 1.91 bits per heavy atom. The van der Waals surface area contributed by atoms with Gasteiger partial charge in [0.05, 0.1) is 18.8 Å². The third-order valence-electron chi connectivity index (χ3n) is 3.86. The van der Waals surface area contributed by atoms with E-state index < -0.39 is 0 Å². The van der Waals surface area contributed by atoms with Crippen molar-refractivity contribution in [1.29, 1.82) is 0 Å². The maximum absolute atomic E-state index is 12.2. The smallest absolute Gasteiger partial charge is 0.338 e. The molecule has 1 aromatic carbocycles. The van der Waals surface area contributed by atoms with Crippen LogP contribution >= 0.6 is 0 Å². The molecule has 22 heavy (non-hydrogen) atoms. The lowest BCUT2D eigenvalue weighted by atomic mass is 10.2. The highest BCUT2D eigenvalue weighted by Crippen LogP contribution is 2.30. The van der Waals surface area contributed by atoms with Crippen LogP contribution in [-0.2, 0) is 9.47 Å². The third-order valence-corrected chi connectivity index (χ3v) is 3.86. The first kappa shape index (κ1) is 15.1. The molecule has 0 saturated carbocycles. The summed E-state index contributed by atoms with van der Waals surface area (Å²) < 4.78 is 21.8. The van der Waals surface area contributed by atoms with Gasteiger partial charge in [0, 0.05) is 0 Å². The van der Waals surface area contributed by atoms with Crippen LogP contribution in [0.15, 0.2) is 18.2 Å². The summed E-state index contributed by atoms with van der Waals surface area (Å²) in [5.74, 6) is 0.956. The van der Waals surface area contributed by atoms with Crippen LogP contribution in [-0.4, -0.2) is 58.1 Å². The topological polar surface area (TPSA) is 58.4 Å². The fourth-order valence-corrected chi connectivity index (χ4v) is 2.73. The molecule has 0 aromatic heterocycles. The molecular weight excluding hydrogens is 286 g/mol. The summed E-state index contributed by atoms with van der Waals surface area (Å²) in [6.07, 6.45) is -0.131. The SMILES string of the molecule is C[C@H](C[NH+]1CCOCC1)OC(=O)c1ccc2c(c1)OCCO2. The first-order valence-corrected chi connectivity index (χ1v) is 7.74. The summed E-state index contributed by atoms with van der Waals surface area (Å²) >= 11 is 0. The number of rotatable bonds is 4. The molecule has 0 unspecified atom stereocenters. The second-order valence-electron chi connectivity index (χ2n) is 5.64. The van der Waals surface area contributed by atoms with Crippen LogP contribution in [0.5, 0.6) is 11.5 Å². The van der Waals surface area contributed by atoms with E-state index in [1.54, 1.807) is 18.2 Å². The van der Waals surface area contributed by atoms with Crippen molar-refractivity contribution in [2.75, 3.05) is 46.1 Å². The Bertz CT molecular complexity index is 527. The van der Waals surface area contributed by atoms with E-state index in [1.165, 1.54) is 4.90 Å². The highest BCUT2D eigenvalue weighted by Gasteiger charge is 2.21. The minimum atomic E-state index is -0.322. The number of hydrogen-bond donors (Lipinski definition) is 1. The molecule has 0 amide bonds. The Morgan fingerprint density at radius 1 is 1.18 bits per heavy atom. The molecule has 1 fully saturated rings. The largest absolute Gasteiger partial charge is 0.486 e. The van der Waals surface area contributed by atoms with Gasteiger partial charge in [0.2, 0.25) is 0 Å². The van der Waals surface area contributed by atoms with Gasteiger partial charge in [-0.1, -0.05) is 0 Å². The number of ether oxygens (including phenoxy) is 4. The molecule has 1 N–H and O–H groups in total. The molecule has 0 spiro atoms. The van der Waals surface area contributed by atoms with Crippen molar-refractivity contribution in [3.05, 3.63) is 23.8 Å². The minimum absolute atomic E-state index is 0.131. The number of nitrogens with one attached hydrogen (secondary N) is 1. The van der Waals surface area contributed by atoms with Crippen molar-refractivity contribution in [1.82, 2.24) is 0 Å². The Labute approximate surface area is 129 Å². The van der Waals surface area contributed by atoms with Crippen LogP contribution in [0.1, 0.15) is 17.3 Å². The highest BCUT2D eigenvalue weighted by atomic mass is 16.6. The zero-order valence-corrected chi connectivity index (χ0v) is 12.8. The van der Waals surface area contributed by atoms with Crippen LogP contribution in [0.25, 0.3) is 0 Å². The van der Waals surface area contributed by atoms with Crippen molar-refractivity contribution < 1.29 is 28.6 Å². The number of carbonyl (C=O) groups is 1. The van der Waals surface area contributed by atoms with Crippen molar-refractivity contribution in [2.45, 2.75) is 13.0 Å². The first-order valence-electron chi connectivity index (χ1n) is 7.74. The minimum Gasteiger partial charge on any atom is -0.486 e. The number of benzene rings is 1. The molecule has 0 radical (unpaired) electrons. The molecular formula is C16H22NO5+. The second kappa shape index (κ2) is 6.98. The molecule has 2 aliphatic heterocycles. The molecule has 0 bridgehead atoms. The van der Waals surface area contributed by atoms with Crippen LogP contribution in [0.4, 0.5) is 0 Å². The van der Waals surface area contributed by atoms with Gasteiger partial charge in [0.15, 0.2) is 11.5 Å². The van der Waals surface area contributed by atoms with Gasteiger partial charge in [0.1, 0.15) is 39.0 Å². The maximum Gasteiger partial charge on any atom is 0.338 e. The quantitative estimate of drug-likeness (QED) is 0.789. The van der Waals surface area contributed by atoms with E-state index in [9.17, 15) is 4.79 Å². The fraction of sp³-hybridized carbons (Fsp3) is 0.562. The lowest BCUT2D eigenvalue weighted by Crippen LogP contribution is -3.15. The van der Waals surface area contributed by atoms with E-state index in [4.69, 9.17) is 18.9 Å². The van der Waals surface area contributed by atoms with Gasteiger partial charge in [-0.3, -0.25) is 0 Å². The monoisotopic (exact) mass is 308 g/mol. The summed E-state index contributed by atoms with van der Waals surface area (Å²) in [7, 11) is 0. The van der Waals surface area contributed by atoms with E-state index in [-0.39, 0.29) is 12.1 Å². The summed E-state index contributed by atoms with van der Waals surface area (Å²) in [4.78, 5) is 13.6. The molecule has 1 saturated heterocycles. The van der Waals surface area contributed by atoms with E-state index in [1.807, 2.05) is 6.92 Å². The van der Waals surface area contributed by atoms with Gasteiger partial charge in [-0.2, -0.15) is 0 Å². The second-order valence-corrected chi connectivity index (χ2v) is 5.64. The zero-order valence-electron chi connectivity index (χ0n) is 12.8. The van der Waals surface area contributed by atoms with Gasteiger partial charge in [-0.15, -0.1) is 0 Å². The first-order chi connectivity index (χ1) is 10.7. The van der Waals surface area contributed by atoms with E-state index in [0.717, 1.165) is 32.8 Å². The standard InChI is InChI=1S/C16H21NO5/c1-12(11-17-4-6-19-7-5-17)22-16(18)13-2-3-14-15(10-13)21-9-8-20-14/h2-3,10,12H,4-9,11H2,1H3/p+1/t12-/m1/s1. The van der Waals surface area contributed by atoms with Crippen LogP contribution in [0.2, 0.25) is 0 Å². The predicted molar refractivity (Wildman–Crippen MR) is 78.7 cm³/mol. The summed E-state index contributed by atoms with van der Waals surface area (Å²) in [5, 5.41) is 0. The number of quaternary nitrogens is 1. The Kier molecular flexibility index (Phi) is 4.80. The van der Waals surface area contributed by atoms with Crippen molar-refractivity contribution in [3.63, 3.8) is 0 Å². The van der Waals surface area contributed by atoms with Crippen LogP contribution < -0.4 is 14.4 Å². The van der Waals surface area contributed by atoms with E-state index >= 15 is 0 Å². The third kappa shape index (κ3) is 3.69. The Morgan fingerprint density at radius 3 is 2.68 bits per heavy atom. The molecule has 3 rings (SSSR count). The molecule has 2 aliphatic rings. The molecule has 2 heterocycles. The van der Waals surface area contributed by atoms with Crippen LogP contribution in [0.3, 0.4) is 0 Å². The van der Waals surface area contributed by atoms with Gasteiger partial charge in [0.25, 0.3) is 0 Å². The summed E-state index contributed by atoms with van der Waals surface area (Å²) in [6, 6.07) is 5.15. The fourth-order valence-electron chi connectivity index (χ4n) is 2.73. The van der Waals surface area contributed by atoms with Gasteiger partial charge in [-0.05, 0) is 25.1 Å². The van der Waals surface area contributed by atoms with Crippen molar-refractivity contribution in [2.24, 2.45) is 0 Å². The zero-order chi connectivity index (χ0) is 15.4. The van der Waals surface area contributed by atoms with E-state index in [2.05, 4.69) is 0 Å². The Balaban J connectivity index is 1.56. The number of fused-ring (bicyclic) bond motifs is 1. The average Bonchev–Trinajstić information content (AvgIpc) is 2.55. The normalized spacial score (nSPS) is 19.5. The lowest BCUT2D eigenvalue weighted by molar-refractivity contribution is -0.910. The molecule has 6 nitrogen and oxygen atoms in total. The maximum atomic E-state index is 12.2. The highest BCUT2D eigenvalue weighted by molar-refractivity contribution is 5.90.